The third-order valence-corrected chi connectivity index (χ3v) is 3.73. The molecule has 0 saturated carbocycles. The second-order valence-electron chi connectivity index (χ2n) is 4.60. The quantitative estimate of drug-likeness (QED) is 0.699. The zero-order valence-electron chi connectivity index (χ0n) is 12.1. The molecule has 2 aromatic heterocycles. The van der Waals surface area contributed by atoms with Crippen LogP contribution >= 0.6 is 11.3 Å². The van der Waals surface area contributed by atoms with Crippen molar-refractivity contribution < 1.29 is 13.9 Å². The number of hydrogen-bond acceptors (Lipinski definition) is 5. The van der Waals surface area contributed by atoms with Crippen LogP contribution in [-0.2, 0) is 22.7 Å². The molecular formula is C15H20N2O3S. The van der Waals surface area contributed by atoms with E-state index in [0.29, 0.717) is 13.2 Å². The number of ether oxygens (including phenoxy) is 1. The lowest BCUT2D eigenvalue weighted by Crippen LogP contribution is -2.17. The van der Waals surface area contributed by atoms with Gasteiger partial charge in [0.1, 0.15) is 12.4 Å². The predicted molar refractivity (Wildman–Crippen MR) is 83.3 cm³/mol. The molecule has 2 N–H and O–H groups in total. The third-order valence-electron chi connectivity index (χ3n) is 2.81. The summed E-state index contributed by atoms with van der Waals surface area (Å²) in [4.78, 5) is 12.2. The van der Waals surface area contributed by atoms with Crippen LogP contribution in [0.1, 0.15) is 24.0 Å². The lowest BCUT2D eigenvalue weighted by molar-refractivity contribution is -0.114. The first kappa shape index (κ1) is 15.8. The van der Waals surface area contributed by atoms with Gasteiger partial charge in [-0.05, 0) is 36.5 Å². The zero-order valence-corrected chi connectivity index (χ0v) is 12.9. The maximum atomic E-state index is 11.1. The van der Waals surface area contributed by atoms with Crippen LogP contribution in [0, 0.1) is 0 Å². The molecule has 0 spiro atoms. The minimum absolute atomic E-state index is 0.0408. The number of amides is 1. The lowest BCUT2D eigenvalue weighted by atomic mass is 10.3. The average molecular weight is 308 g/mol. The Morgan fingerprint density at radius 3 is 3.10 bits per heavy atom. The molecule has 0 saturated heterocycles. The molecule has 0 bridgehead atoms. The number of carbonyl (C=O) groups is 1. The fraction of sp³-hybridized carbons (Fsp3) is 0.400. The first-order valence-corrected chi connectivity index (χ1v) is 7.78. The van der Waals surface area contributed by atoms with Gasteiger partial charge in [0.15, 0.2) is 0 Å². The molecule has 0 aliphatic heterocycles. The molecule has 2 heterocycles. The molecule has 0 aliphatic rings. The first-order chi connectivity index (χ1) is 10.3. The minimum atomic E-state index is -0.0408. The Bertz CT molecular complexity index is 537. The number of hydrogen-bond donors (Lipinski definition) is 2. The molecule has 0 atom stereocenters. The highest BCUT2D eigenvalue weighted by atomic mass is 32.1. The summed E-state index contributed by atoms with van der Waals surface area (Å²) in [6, 6.07) is 5.68. The largest absolute Gasteiger partial charge is 0.467 e. The smallest absolute Gasteiger partial charge is 0.221 e. The second-order valence-corrected chi connectivity index (χ2v) is 5.60. The van der Waals surface area contributed by atoms with Gasteiger partial charge in [-0.1, -0.05) is 0 Å². The Labute approximate surface area is 128 Å². The summed E-state index contributed by atoms with van der Waals surface area (Å²) in [6.07, 6.45) is 2.58. The van der Waals surface area contributed by atoms with Crippen molar-refractivity contribution in [3.63, 3.8) is 0 Å². The van der Waals surface area contributed by atoms with E-state index in [0.717, 1.165) is 35.8 Å². The van der Waals surface area contributed by atoms with Crippen LogP contribution in [0.4, 0.5) is 5.69 Å². The second kappa shape index (κ2) is 8.61. The summed E-state index contributed by atoms with van der Waals surface area (Å²) in [6.45, 7) is 4.35. The maximum absolute atomic E-state index is 11.1. The Balaban J connectivity index is 1.55. The highest BCUT2D eigenvalue weighted by Crippen LogP contribution is 2.21. The highest BCUT2D eigenvalue weighted by molar-refractivity contribution is 7.10. The SMILES string of the molecule is CC(=O)Nc1ccsc1CNCCCOCc1ccco1. The summed E-state index contributed by atoms with van der Waals surface area (Å²) in [5.74, 6) is 0.808. The fourth-order valence-corrected chi connectivity index (χ4v) is 2.65. The van der Waals surface area contributed by atoms with Crippen molar-refractivity contribution in [2.75, 3.05) is 18.5 Å². The van der Waals surface area contributed by atoms with Gasteiger partial charge < -0.3 is 19.8 Å². The fourth-order valence-electron chi connectivity index (χ4n) is 1.85. The monoisotopic (exact) mass is 308 g/mol. The average Bonchev–Trinajstić information content (AvgIpc) is 3.09. The van der Waals surface area contributed by atoms with E-state index in [4.69, 9.17) is 9.15 Å². The highest BCUT2D eigenvalue weighted by Gasteiger charge is 2.04. The predicted octanol–water partition coefficient (Wildman–Crippen LogP) is 3.00. The molecule has 2 aromatic rings. The molecular weight excluding hydrogens is 288 g/mol. The summed E-state index contributed by atoms with van der Waals surface area (Å²) in [7, 11) is 0. The number of carbonyl (C=O) groups excluding carboxylic acids is 1. The van der Waals surface area contributed by atoms with Crippen LogP contribution in [-0.4, -0.2) is 19.1 Å². The first-order valence-electron chi connectivity index (χ1n) is 6.90. The molecule has 21 heavy (non-hydrogen) atoms. The Morgan fingerprint density at radius 2 is 2.33 bits per heavy atom. The number of furan rings is 1. The van der Waals surface area contributed by atoms with E-state index in [1.165, 1.54) is 6.92 Å². The van der Waals surface area contributed by atoms with E-state index in [2.05, 4.69) is 10.6 Å². The third kappa shape index (κ3) is 5.71. The van der Waals surface area contributed by atoms with Gasteiger partial charge in [-0.15, -0.1) is 11.3 Å². The van der Waals surface area contributed by atoms with Crippen molar-refractivity contribution in [2.24, 2.45) is 0 Å². The van der Waals surface area contributed by atoms with Crippen LogP contribution in [0.15, 0.2) is 34.3 Å². The van der Waals surface area contributed by atoms with Gasteiger partial charge in [0, 0.05) is 25.0 Å². The standard InChI is InChI=1S/C15H20N2O3S/c1-12(18)17-14-5-9-21-15(14)10-16-6-3-7-19-11-13-4-2-8-20-13/h2,4-5,8-9,16H,3,6-7,10-11H2,1H3,(H,17,18). The molecule has 114 valence electrons. The van der Waals surface area contributed by atoms with Crippen molar-refractivity contribution >= 4 is 22.9 Å². The van der Waals surface area contributed by atoms with Crippen molar-refractivity contribution in [1.29, 1.82) is 0 Å². The number of thiophene rings is 1. The van der Waals surface area contributed by atoms with Crippen LogP contribution in [0.5, 0.6) is 0 Å². The molecule has 6 heteroatoms. The van der Waals surface area contributed by atoms with Gasteiger partial charge in [-0.25, -0.2) is 0 Å². The van der Waals surface area contributed by atoms with E-state index in [1.807, 2.05) is 23.6 Å². The maximum Gasteiger partial charge on any atom is 0.221 e. The summed E-state index contributed by atoms with van der Waals surface area (Å²) in [5.41, 5.74) is 0.897. The van der Waals surface area contributed by atoms with Crippen molar-refractivity contribution in [2.45, 2.75) is 26.5 Å². The van der Waals surface area contributed by atoms with E-state index < -0.39 is 0 Å². The van der Waals surface area contributed by atoms with Crippen molar-refractivity contribution in [1.82, 2.24) is 5.32 Å². The Morgan fingerprint density at radius 1 is 1.43 bits per heavy atom. The topological polar surface area (TPSA) is 63.5 Å². The van der Waals surface area contributed by atoms with E-state index >= 15 is 0 Å². The molecule has 0 aliphatic carbocycles. The molecule has 2 rings (SSSR count). The van der Waals surface area contributed by atoms with Crippen LogP contribution < -0.4 is 10.6 Å². The number of rotatable bonds is 9. The van der Waals surface area contributed by atoms with Gasteiger partial charge in [0.2, 0.25) is 5.91 Å². The van der Waals surface area contributed by atoms with Gasteiger partial charge >= 0.3 is 0 Å². The van der Waals surface area contributed by atoms with E-state index in [-0.39, 0.29) is 5.91 Å². The van der Waals surface area contributed by atoms with Crippen LogP contribution in [0.2, 0.25) is 0 Å². The van der Waals surface area contributed by atoms with Gasteiger partial charge in [-0.2, -0.15) is 0 Å². The van der Waals surface area contributed by atoms with Crippen LogP contribution in [0.3, 0.4) is 0 Å². The van der Waals surface area contributed by atoms with E-state index in [9.17, 15) is 4.79 Å². The molecule has 1 amide bonds. The molecule has 0 radical (unpaired) electrons. The molecule has 5 nitrogen and oxygen atoms in total. The molecule has 0 fully saturated rings. The lowest BCUT2D eigenvalue weighted by Gasteiger charge is -2.06. The number of nitrogens with one attached hydrogen (secondary N) is 2. The summed E-state index contributed by atoms with van der Waals surface area (Å²) in [5, 5.41) is 8.16. The molecule has 0 unspecified atom stereocenters. The normalized spacial score (nSPS) is 10.7. The van der Waals surface area contributed by atoms with Gasteiger partial charge in [0.25, 0.3) is 0 Å². The van der Waals surface area contributed by atoms with E-state index in [1.54, 1.807) is 17.6 Å². The van der Waals surface area contributed by atoms with Gasteiger partial charge in [0.05, 0.1) is 12.0 Å². The van der Waals surface area contributed by atoms with Gasteiger partial charge in [-0.3, -0.25) is 4.79 Å². The summed E-state index contributed by atoms with van der Waals surface area (Å²) < 4.78 is 10.7. The van der Waals surface area contributed by atoms with Crippen LogP contribution in [0.25, 0.3) is 0 Å². The zero-order chi connectivity index (χ0) is 14.9. The van der Waals surface area contributed by atoms with Crippen molar-refractivity contribution in [3.05, 3.63) is 40.5 Å². The summed E-state index contributed by atoms with van der Waals surface area (Å²) >= 11 is 1.64. The molecule has 0 aromatic carbocycles. The minimum Gasteiger partial charge on any atom is -0.467 e. The Kier molecular flexibility index (Phi) is 6.46. The number of anilines is 1. The Hall–Kier alpha value is -1.63. The van der Waals surface area contributed by atoms with Crippen molar-refractivity contribution in [3.8, 4) is 0 Å².